The molecule has 1 unspecified atom stereocenters. The van der Waals surface area contributed by atoms with Gasteiger partial charge in [-0.05, 0) is 40.4 Å². The Hall–Kier alpha value is -0.340. The Labute approximate surface area is 126 Å². The minimum atomic E-state index is -3.69. The second kappa shape index (κ2) is 6.90. The number of hydrogen-bond acceptors (Lipinski definition) is 4. The Bertz CT molecular complexity index is 551. The first-order valence-electron chi connectivity index (χ1n) is 5.63. The Kier molecular flexibility index (Phi) is 6.07. The Morgan fingerprint density at radius 1 is 1.53 bits per heavy atom. The van der Waals surface area contributed by atoms with E-state index in [0.717, 1.165) is 0 Å². The highest BCUT2D eigenvalue weighted by atomic mass is 79.9. The maximum absolute atomic E-state index is 12.1. The van der Waals surface area contributed by atoms with Gasteiger partial charge < -0.3 is 10.8 Å². The average Bonchev–Trinajstić information content (AvgIpc) is 2.31. The quantitative estimate of drug-likeness (QED) is 0.667. The molecule has 4 N–H and O–H groups in total. The largest absolute Gasteiger partial charge is 0.398 e. The molecule has 108 valence electrons. The standard InChI is InChI=1S/C11H16BrClN2O3S/c1-7(2-3-16)6-15-19(17,18)10-5-8(13)4-9(14)11(10)12/h4-5,7,15-16H,2-3,6,14H2,1H3. The zero-order valence-corrected chi connectivity index (χ0v) is 13.5. The van der Waals surface area contributed by atoms with Crippen molar-refractivity contribution in [1.82, 2.24) is 4.72 Å². The maximum atomic E-state index is 12.1. The van der Waals surface area contributed by atoms with E-state index in [1.165, 1.54) is 12.1 Å². The van der Waals surface area contributed by atoms with Gasteiger partial charge in [-0.25, -0.2) is 13.1 Å². The lowest BCUT2D eigenvalue weighted by atomic mass is 10.1. The smallest absolute Gasteiger partial charge is 0.241 e. The molecule has 1 atom stereocenters. The van der Waals surface area contributed by atoms with E-state index < -0.39 is 10.0 Å². The molecule has 0 saturated carbocycles. The van der Waals surface area contributed by atoms with E-state index in [4.69, 9.17) is 22.4 Å². The van der Waals surface area contributed by atoms with Crippen LogP contribution in [0.2, 0.25) is 5.02 Å². The van der Waals surface area contributed by atoms with Crippen molar-refractivity contribution in [1.29, 1.82) is 0 Å². The third-order valence-electron chi connectivity index (χ3n) is 2.57. The summed E-state index contributed by atoms with van der Waals surface area (Å²) in [6.07, 6.45) is 0.529. The molecule has 0 aromatic heterocycles. The van der Waals surface area contributed by atoms with E-state index in [0.29, 0.717) is 10.9 Å². The topological polar surface area (TPSA) is 92.4 Å². The van der Waals surface area contributed by atoms with Gasteiger partial charge in [-0.15, -0.1) is 0 Å². The van der Waals surface area contributed by atoms with E-state index in [9.17, 15) is 8.42 Å². The van der Waals surface area contributed by atoms with Crippen molar-refractivity contribution in [3.63, 3.8) is 0 Å². The van der Waals surface area contributed by atoms with Crippen molar-refractivity contribution in [3.05, 3.63) is 21.6 Å². The van der Waals surface area contributed by atoms with E-state index in [1.807, 2.05) is 6.92 Å². The number of halogens is 2. The van der Waals surface area contributed by atoms with Crippen LogP contribution in [0, 0.1) is 5.92 Å². The lowest BCUT2D eigenvalue weighted by molar-refractivity contribution is 0.263. The molecule has 0 fully saturated rings. The highest BCUT2D eigenvalue weighted by Crippen LogP contribution is 2.31. The molecule has 0 amide bonds. The molecule has 1 rings (SSSR count). The van der Waals surface area contributed by atoms with E-state index >= 15 is 0 Å². The SMILES string of the molecule is CC(CCO)CNS(=O)(=O)c1cc(Cl)cc(N)c1Br. The fourth-order valence-electron chi connectivity index (χ4n) is 1.43. The first-order valence-corrected chi connectivity index (χ1v) is 8.28. The normalized spacial score (nSPS) is 13.5. The summed E-state index contributed by atoms with van der Waals surface area (Å²) in [5.41, 5.74) is 5.93. The number of benzene rings is 1. The minimum absolute atomic E-state index is 0.00805. The predicted molar refractivity (Wildman–Crippen MR) is 79.6 cm³/mol. The van der Waals surface area contributed by atoms with Crippen molar-refractivity contribution in [2.45, 2.75) is 18.2 Å². The summed E-state index contributed by atoms with van der Waals surface area (Å²) in [6, 6.07) is 2.81. The third-order valence-corrected chi connectivity index (χ3v) is 5.38. The molecule has 5 nitrogen and oxygen atoms in total. The van der Waals surface area contributed by atoms with Crippen molar-refractivity contribution < 1.29 is 13.5 Å². The molecule has 0 saturated heterocycles. The van der Waals surface area contributed by atoms with Gasteiger partial charge in [0.15, 0.2) is 0 Å². The zero-order valence-electron chi connectivity index (χ0n) is 10.4. The van der Waals surface area contributed by atoms with Gasteiger partial charge in [0.25, 0.3) is 0 Å². The summed E-state index contributed by atoms with van der Waals surface area (Å²) < 4.78 is 27.1. The molecule has 0 aliphatic rings. The van der Waals surface area contributed by atoms with Crippen LogP contribution >= 0.6 is 27.5 Å². The molecule has 0 radical (unpaired) electrons. The highest BCUT2D eigenvalue weighted by Gasteiger charge is 2.20. The van der Waals surface area contributed by atoms with Gasteiger partial charge in [0.2, 0.25) is 10.0 Å². The third kappa shape index (κ3) is 4.61. The Morgan fingerprint density at radius 3 is 2.74 bits per heavy atom. The van der Waals surface area contributed by atoms with Crippen LogP contribution in [0.4, 0.5) is 5.69 Å². The fourth-order valence-corrected chi connectivity index (χ4v) is 3.89. The first kappa shape index (κ1) is 16.7. The molecule has 0 aliphatic heterocycles. The number of rotatable bonds is 6. The molecular formula is C11H16BrClN2O3S. The van der Waals surface area contributed by atoms with Crippen LogP contribution in [0.25, 0.3) is 0 Å². The zero-order chi connectivity index (χ0) is 14.6. The lowest BCUT2D eigenvalue weighted by Crippen LogP contribution is -2.29. The second-order valence-corrected chi connectivity index (χ2v) is 7.24. The summed E-state index contributed by atoms with van der Waals surface area (Å²) in [7, 11) is -3.69. The number of nitrogens with two attached hydrogens (primary N) is 1. The van der Waals surface area contributed by atoms with Gasteiger partial charge in [0.1, 0.15) is 0 Å². The van der Waals surface area contributed by atoms with Gasteiger partial charge in [-0.3, -0.25) is 0 Å². The lowest BCUT2D eigenvalue weighted by Gasteiger charge is -2.13. The summed E-state index contributed by atoms with van der Waals surface area (Å²) in [5.74, 6) is 0.0371. The number of nitrogens with one attached hydrogen (secondary N) is 1. The maximum Gasteiger partial charge on any atom is 0.241 e. The number of anilines is 1. The molecule has 0 bridgehead atoms. The monoisotopic (exact) mass is 370 g/mol. The van der Waals surface area contributed by atoms with Crippen LogP contribution in [0.3, 0.4) is 0 Å². The molecule has 0 spiro atoms. The highest BCUT2D eigenvalue weighted by molar-refractivity contribution is 9.10. The van der Waals surface area contributed by atoms with Crippen LogP contribution in [0.15, 0.2) is 21.5 Å². The van der Waals surface area contributed by atoms with E-state index in [1.54, 1.807) is 0 Å². The summed E-state index contributed by atoms with van der Waals surface area (Å²) in [6.45, 7) is 2.11. The summed E-state index contributed by atoms with van der Waals surface area (Å²) >= 11 is 8.96. The molecular weight excluding hydrogens is 356 g/mol. The van der Waals surface area contributed by atoms with Gasteiger partial charge in [0, 0.05) is 23.9 Å². The number of sulfonamides is 1. The molecule has 0 heterocycles. The molecule has 1 aromatic carbocycles. The van der Waals surface area contributed by atoms with Crippen LogP contribution in [-0.4, -0.2) is 26.7 Å². The molecule has 8 heteroatoms. The number of nitrogen functional groups attached to an aromatic ring is 1. The number of hydrogen-bond donors (Lipinski definition) is 3. The van der Waals surface area contributed by atoms with Crippen molar-refractivity contribution >= 4 is 43.2 Å². The summed E-state index contributed by atoms with van der Waals surface area (Å²) in [4.78, 5) is 0.00805. The van der Waals surface area contributed by atoms with Gasteiger partial charge in [-0.1, -0.05) is 18.5 Å². The van der Waals surface area contributed by atoms with Gasteiger partial charge >= 0.3 is 0 Å². The molecule has 1 aromatic rings. The Balaban J connectivity index is 2.95. The van der Waals surface area contributed by atoms with E-state index in [2.05, 4.69) is 20.7 Å². The second-order valence-electron chi connectivity index (χ2n) is 4.28. The first-order chi connectivity index (χ1) is 8.77. The van der Waals surface area contributed by atoms with Crippen molar-refractivity contribution in [2.75, 3.05) is 18.9 Å². The fraction of sp³-hybridized carbons (Fsp3) is 0.455. The minimum Gasteiger partial charge on any atom is -0.398 e. The predicted octanol–water partition coefficient (Wildman–Crippen LogP) is 1.98. The van der Waals surface area contributed by atoms with E-state index in [-0.39, 0.29) is 34.7 Å². The molecule has 0 aliphatic carbocycles. The van der Waals surface area contributed by atoms with Crippen molar-refractivity contribution in [3.8, 4) is 0 Å². The number of aliphatic hydroxyl groups excluding tert-OH is 1. The van der Waals surface area contributed by atoms with Crippen LogP contribution in [0.1, 0.15) is 13.3 Å². The Morgan fingerprint density at radius 2 is 2.16 bits per heavy atom. The summed E-state index contributed by atoms with van der Waals surface area (Å²) in [5, 5.41) is 9.04. The van der Waals surface area contributed by atoms with Gasteiger partial charge in [-0.2, -0.15) is 0 Å². The van der Waals surface area contributed by atoms with Crippen LogP contribution < -0.4 is 10.5 Å². The number of aliphatic hydroxyl groups is 1. The average molecular weight is 372 g/mol. The molecule has 19 heavy (non-hydrogen) atoms. The van der Waals surface area contributed by atoms with Crippen LogP contribution in [-0.2, 0) is 10.0 Å². The van der Waals surface area contributed by atoms with Crippen molar-refractivity contribution in [2.24, 2.45) is 5.92 Å². The van der Waals surface area contributed by atoms with Crippen LogP contribution in [0.5, 0.6) is 0 Å². The van der Waals surface area contributed by atoms with Gasteiger partial charge in [0.05, 0.1) is 9.37 Å².